The predicted octanol–water partition coefficient (Wildman–Crippen LogP) is 8.80. The Hall–Kier alpha value is -1.49. The average Bonchev–Trinajstić information content (AvgIpc) is 3.53. The highest BCUT2D eigenvalue weighted by molar-refractivity contribution is 5.91. The van der Waals surface area contributed by atoms with Gasteiger partial charge in [0.2, 0.25) is 0 Å². The SMILES string of the molecule is CCC(=O)O[C@H]1CC[C@H]2[C@@H]3CCC4=CC(=O)CC[C@]4(C)[C@H]3CC[C@]12C.C[C@]12CC[C@H]3[C@@H](CCC4CC(=O)CC[C@@]43C)[C@@H]1CC[C@@H]2O. The van der Waals surface area contributed by atoms with Gasteiger partial charge >= 0.3 is 5.97 Å². The van der Waals surface area contributed by atoms with Crippen LogP contribution in [0.3, 0.4) is 0 Å². The smallest absolute Gasteiger partial charge is 0.305 e. The highest BCUT2D eigenvalue weighted by Crippen LogP contribution is 2.67. The molecule has 46 heavy (non-hydrogen) atoms. The summed E-state index contributed by atoms with van der Waals surface area (Å²) in [5, 5.41) is 10.5. The van der Waals surface area contributed by atoms with Gasteiger partial charge in [-0.1, -0.05) is 40.2 Å². The van der Waals surface area contributed by atoms with Gasteiger partial charge in [0.05, 0.1) is 6.10 Å². The van der Waals surface area contributed by atoms with E-state index in [1.165, 1.54) is 56.9 Å². The van der Waals surface area contributed by atoms with E-state index >= 15 is 0 Å². The number of ether oxygens (including phenoxy) is 1. The molecule has 1 N–H and O–H groups in total. The Labute approximate surface area is 278 Å². The first-order valence-electron chi connectivity index (χ1n) is 19.5. The maximum atomic E-state index is 11.9. The van der Waals surface area contributed by atoms with Gasteiger partial charge < -0.3 is 9.84 Å². The number of rotatable bonds is 2. The number of ketones is 2. The summed E-state index contributed by atoms with van der Waals surface area (Å²) in [5.41, 5.74) is 2.42. The predicted molar refractivity (Wildman–Crippen MR) is 180 cm³/mol. The highest BCUT2D eigenvalue weighted by atomic mass is 16.5. The number of aliphatic hydroxyl groups is 1. The first-order valence-corrected chi connectivity index (χ1v) is 19.5. The maximum absolute atomic E-state index is 11.9. The minimum absolute atomic E-state index is 0.0411. The van der Waals surface area contributed by atoms with Crippen molar-refractivity contribution in [3.8, 4) is 0 Å². The van der Waals surface area contributed by atoms with Crippen molar-refractivity contribution in [2.45, 2.75) is 162 Å². The Balaban J connectivity index is 0.000000149. The number of allylic oxidation sites excluding steroid dienone is 1. The van der Waals surface area contributed by atoms with Crippen LogP contribution >= 0.6 is 0 Å². The zero-order chi connectivity index (χ0) is 32.6. The van der Waals surface area contributed by atoms with E-state index in [1.54, 1.807) is 0 Å². The van der Waals surface area contributed by atoms with E-state index in [-0.39, 0.29) is 34.4 Å². The molecule has 8 aliphatic rings. The van der Waals surface area contributed by atoms with Crippen molar-refractivity contribution in [1.82, 2.24) is 0 Å². The molecule has 1 unspecified atom stereocenters. The Morgan fingerprint density at radius 3 is 2.20 bits per heavy atom. The summed E-state index contributed by atoms with van der Waals surface area (Å²) >= 11 is 0. The summed E-state index contributed by atoms with van der Waals surface area (Å²) in [6.07, 6.45) is 21.3. The molecule has 8 rings (SSSR count). The van der Waals surface area contributed by atoms with Gasteiger partial charge in [-0.25, -0.2) is 0 Å². The van der Waals surface area contributed by atoms with Gasteiger partial charge in [-0.2, -0.15) is 0 Å². The van der Waals surface area contributed by atoms with Gasteiger partial charge in [-0.15, -0.1) is 0 Å². The molecular weight excluding hydrogens is 572 g/mol. The Bertz CT molecular complexity index is 1270. The van der Waals surface area contributed by atoms with Crippen LogP contribution in [-0.4, -0.2) is 34.9 Å². The van der Waals surface area contributed by atoms with Crippen LogP contribution in [0.25, 0.3) is 0 Å². The van der Waals surface area contributed by atoms with Crippen LogP contribution in [0.5, 0.6) is 0 Å². The Kier molecular flexibility index (Phi) is 8.50. The molecule has 0 bridgehead atoms. The lowest BCUT2D eigenvalue weighted by molar-refractivity contribution is -0.159. The molecule has 0 saturated heterocycles. The summed E-state index contributed by atoms with van der Waals surface area (Å²) in [7, 11) is 0. The fourth-order valence-corrected chi connectivity index (χ4v) is 14.0. The Morgan fingerprint density at radius 1 is 0.739 bits per heavy atom. The number of fused-ring (bicyclic) bond motifs is 10. The van der Waals surface area contributed by atoms with Crippen LogP contribution in [0.2, 0.25) is 0 Å². The second-order valence-electron chi connectivity index (χ2n) is 18.5. The third-order valence-corrected chi connectivity index (χ3v) is 16.9. The van der Waals surface area contributed by atoms with Gasteiger partial charge in [0.15, 0.2) is 5.78 Å². The second-order valence-corrected chi connectivity index (χ2v) is 18.5. The molecule has 7 saturated carbocycles. The number of carbonyl (C=O) groups excluding carboxylic acids is 3. The summed E-state index contributed by atoms with van der Waals surface area (Å²) in [6.45, 7) is 11.5. The number of esters is 1. The van der Waals surface area contributed by atoms with Gasteiger partial charge in [0, 0.05) is 31.1 Å². The normalized spacial score (nSPS) is 50.7. The molecule has 0 heterocycles. The van der Waals surface area contributed by atoms with Crippen molar-refractivity contribution < 1.29 is 24.2 Å². The van der Waals surface area contributed by atoms with Crippen molar-refractivity contribution in [1.29, 1.82) is 0 Å². The molecule has 0 spiro atoms. The molecular formula is C41H62O5. The van der Waals surface area contributed by atoms with Crippen molar-refractivity contribution in [2.24, 2.45) is 63.1 Å². The summed E-state index contributed by atoms with van der Waals surface area (Å²) in [4.78, 5) is 35.6. The van der Waals surface area contributed by atoms with E-state index < -0.39 is 0 Å². The van der Waals surface area contributed by atoms with E-state index in [0.717, 1.165) is 81.5 Å². The van der Waals surface area contributed by atoms with Gasteiger partial charge in [-0.05, 0) is 154 Å². The van der Waals surface area contributed by atoms with Crippen molar-refractivity contribution in [3.63, 3.8) is 0 Å². The third-order valence-electron chi connectivity index (χ3n) is 16.9. The average molecular weight is 635 g/mol. The molecule has 0 aromatic heterocycles. The third kappa shape index (κ3) is 5.04. The Morgan fingerprint density at radius 2 is 1.41 bits per heavy atom. The van der Waals surface area contributed by atoms with Crippen LogP contribution in [-0.2, 0) is 19.1 Å². The topological polar surface area (TPSA) is 80.7 Å². The zero-order valence-electron chi connectivity index (χ0n) is 29.6. The lowest BCUT2D eigenvalue weighted by Crippen LogP contribution is -2.54. The van der Waals surface area contributed by atoms with E-state index in [0.29, 0.717) is 41.2 Å². The maximum Gasteiger partial charge on any atom is 0.305 e. The van der Waals surface area contributed by atoms with Crippen LogP contribution in [0, 0.1) is 63.1 Å². The first kappa shape index (κ1) is 33.0. The molecule has 5 nitrogen and oxygen atoms in total. The molecule has 0 aliphatic heterocycles. The quantitative estimate of drug-likeness (QED) is 0.307. The number of carbonyl (C=O) groups is 3. The van der Waals surface area contributed by atoms with Crippen molar-refractivity contribution >= 4 is 17.5 Å². The summed E-state index contributed by atoms with van der Waals surface area (Å²) in [5.74, 6) is 5.93. The largest absolute Gasteiger partial charge is 0.462 e. The monoisotopic (exact) mass is 634 g/mol. The highest BCUT2D eigenvalue weighted by Gasteiger charge is 2.61. The molecule has 0 radical (unpaired) electrons. The molecule has 0 amide bonds. The van der Waals surface area contributed by atoms with Gasteiger partial charge in [-0.3, -0.25) is 14.4 Å². The van der Waals surface area contributed by atoms with E-state index in [9.17, 15) is 19.5 Å². The van der Waals surface area contributed by atoms with Gasteiger partial charge in [0.1, 0.15) is 11.9 Å². The fourth-order valence-electron chi connectivity index (χ4n) is 14.0. The van der Waals surface area contributed by atoms with Crippen LogP contribution in [0.4, 0.5) is 0 Å². The second kappa shape index (κ2) is 11.8. The van der Waals surface area contributed by atoms with Crippen molar-refractivity contribution in [3.05, 3.63) is 11.6 Å². The number of Topliss-reactive ketones (excluding diaryl/α,β-unsaturated/α-hetero) is 1. The molecule has 0 aromatic carbocycles. The van der Waals surface area contributed by atoms with Crippen molar-refractivity contribution in [2.75, 3.05) is 0 Å². The molecule has 0 aromatic rings. The van der Waals surface area contributed by atoms with E-state index in [4.69, 9.17) is 4.74 Å². The van der Waals surface area contributed by atoms with Crippen LogP contribution in [0.15, 0.2) is 11.6 Å². The molecule has 256 valence electrons. The minimum atomic E-state index is -0.0677. The number of hydrogen-bond donors (Lipinski definition) is 1. The number of aliphatic hydroxyl groups excluding tert-OH is 1. The number of hydrogen-bond acceptors (Lipinski definition) is 5. The molecule has 5 heteroatoms. The first-order chi connectivity index (χ1) is 21.8. The lowest BCUT2D eigenvalue weighted by Gasteiger charge is -2.60. The van der Waals surface area contributed by atoms with Gasteiger partial charge in [0.25, 0.3) is 0 Å². The van der Waals surface area contributed by atoms with E-state index in [1.807, 2.05) is 13.0 Å². The molecule has 7 fully saturated rings. The molecule has 13 atom stereocenters. The van der Waals surface area contributed by atoms with Crippen LogP contribution < -0.4 is 0 Å². The minimum Gasteiger partial charge on any atom is -0.462 e. The summed E-state index contributed by atoms with van der Waals surface area (Å²) in [6, 6.07) is 0. The lowest BCUT2D eigenvalue weighted by atomic mass is 9.45. The zero-order valence-corrected chi connectivity index (χ0v) is 29.6. The van der Waals surface area contributed by atoms with Crippen LogP contribution in [0.1, 0.15) is 150 Å². The standard InChI is InChI=1S/C22H32O3.C19H30O2/c1-4-20(24)25-19-8-7-17-16-6-5-14-13-15(23)9-11-21(14,2)18(16)10-12-22(17,19)3;1-18-9-7-13(20)11-12(18)3-4-14-15-5-6-17(21)19(15,2)10-8-16(14)18/h13,16-19H,4-12H2,1-3H3;12,14-17,21H,3-11H2,1-2H3/t16-,17-,18-,19-,21-,22-;12?,14-,15-,16-,17-,18-,19-/m00/s1. The fraction of sp³-hybridized carbons (Fsp3) is 0.878. The van der Waals surface area contributed by atoms with E-state index in [2.05, 4.69) is 27.7 Å². The summed E-state index contributed by atoms with van der Waals surface area (Å²) < 4.78 is 5.86. The molecule has 8 aliphatic carbocycles.